The first-order chi connectivity index (χ1) is 10.3. The van der Waals surface area contributed by atoms with E-state index in [1.165, 1.54) is 23.0 Å². The van der Waals surface area contributed by atoms with Gasteiger partial charge in [0.2, 0.25) is 5.13 Å². The van der Waals surface area contributed by atoms with E-state index in [4.69, 9.17) is 4.74 Å². The number of hydrogen-bond acceptors (Lipinski definition) is 6. The first-order valence-corrected chi connectivity index (χ1v) is 8.47. The summed E-state index contributed by atoms with van der Waals surface area (Å²) in [7, 11) is 1.67. The van der Waals surface area contributed by atoms with Gasteiger partial charge in [-0.3, -0.25) is 0 Å². The van der Waals surface area contributed by atoms with Crippen molar-refractivity contribution in [3.63, 3.8) is 0 Å². The summed E-state index contributed by atoms with van der Waals surface area (Å²) in [6.45, 7) is 1.35. The van der Waals surface area contributed by atoms with Gasteiger partial charge in [-0.05, 0) is 36.1 Å². The topological polar surface area (TPSA) is 47.0 Å². The van der Waals surface area contributed by atoms with Crippen LogP contribution in [0.2, 0.25) is 0 Å². The van der Waals surface area contributed by atoms with E-state index < -0.39 is 0 Å². The molecule has 0 bridgehead atoms. The molecule has 0 aliphatic heterocycles. The van der Waals surface area contributed by atoms with Crippen molar-refractivity contribution >= 4 is 28.2 Å². The molecule has 7 heteroatoms. The number of nitrogens with zero attached hydrogens (tertiary/aromatic N) is 2. The lowest BCUT2D eigenvalue weighted by molar-refractivity contribution is 0.211. The van der Waals surface area contributed by atoms with Gasteiger partial charge in [-0.1, -0.05) is 29.2 Å². The highest BCUT2D eigenvalue weighted by atomic mass is 32.2. The lowest BCUT2D eigenvalue weighted by Crippen LogP contribution is -2.06. The fourth-order valence-corrected chi connectivity index (χ4v) is 4.56. The lowest BCUT2D eigenvalue weighted by atomic mass is 10.1. The van der Waals surface area contributed by atoms with Gasteiger partial charge in [0, 0.05) is 18.9 Å². The predicted octanol–water partition coefficient (Wildman–Crippen LogP) is 3.52. The normalized spacial score (nSPS) is 17.0. The number of rotatable bonds is 6. The van der Waals surface area contributed by atoms with Crippen LogP contribution >= 0.6 is 23.1 Å². The van der Waals surface area contributed by atoms with Crippen LogP contribution in [-0.4, -0.2) is 30.5 Å². The van der Waals surface area contributed by atoms with Gasteiger partial charge in [-0.2, -0.15) is 0 Å². The molecule has 1 N–H and O–H groups in total. The number of halogens is 1. The summed E-state index contributed by atoms with van der Waals surface area (Å²) in [6.07, 6.45) is 2.03. The van der Waals surface area contributed by atoms with Crippen molar-refractivity contribution in [2.45, 2.75) is 22.4 Å². The van der Waals surface area contributed by atoms with Crippen LogP contribution in [0, 0.1) is 5.82 Å². The number of ether oxygens (including phenoxy) is 1. The van der Waals surface area contributed by atoms with Crippen LogP contribution in [0.25, 0.3) is 0 Å². The summed E-state index contributed by atoms with van der Waals surface area (Å²) in [5.41, 5.74) is 2.35. The highest BCUT2D eigenvalue weighted by molar-refractivity contribution is 8.01. The van der Waals surface area contributed by atoms with Crippen molar-refractivity contribution in [2.24, 2.45) is 0 Å². The van der Waals surface area contributed by atoms with Crippen molar-refractivity contribution in [1.82, 2.24) is 10.2 Å². The second kappa shape index (κ2) is 6.72. The summed E-state index contributed by atoms with van der Waals surface area (Å²) in [5, 5.41) is 12.5. The Morgan fingerprint density at radius 2 is 2.38 bits per heavy atom. The number of thioether (sulfide) groups is 1. The van der Waals surface area contributed by atoms with Gasteiger partial charge in [0.15, 0.2) is 4.34 Å². The third-order valence-corrected chi connectivity index (χ3v) is 5.63. The van der Waals surface area contributed by atoms with E-state index in [0.29, 0.717) is 13.2 Å². The maximum Gasteiger partial charge on any atom is 0.206 e. The number of anilines is 1. The second-order valence-corrected chi connectivity index (χ2v) is 7.21. The Kier molecular flexibility index (Phi) is 4.72. The molecule has 0 radical (unpaired) electrons. The number of aromatic nitrogens is 2. The molecule has 1 heterocycles. The minimum atomic E-state index is -0.166. The van der Waals surface area contributed by atoms with E-state index in [1.807, 2.05) is 6.07 Å². The van der Waals surface area contributed by atoms with Crippen LogP contribution < -0.4 is 5.32 Å². The molecule has 4 nitrogen and oxygen atoms in total. The standard InChI is InChI=1S/C14H16FN3OS2/c1-19-7-6-16-13-17-18-14(21-13)20-12-5-3-9-2-4-10(15)8-11(9)12/h2,4,8,12H,3,5-7H2,1H3,(H,16,17). The molecule has 0 fully saturated rings. The molecule has 1 aliphatic carbocycles. The Labute approximate surface area is 131 Å². The first kappa shape index (κ1) is 14.7. The molecule has 3 rings (SSSR count). The van der Waals surface area contributed by atoms with E-state index in [-0.39, 0.29) is 11.1 Å². The molecule has 2 aromatic rings. The molecule has 1 atom stereocenters. The van der Waals surface area contributed by atoms with Gasteiger partial charge in [0.25, 0.3) is 0 Å². The van der Waals surface area contributed by atoms with E-state index in [1.54, 1.807) is 24.9 Å². The maximum atomic E-state index is 13.4. The number of nitrogens with one attached hydrogen (secondary N) is 1. The minimum Gasteiger partial charge on any atom is -0.383 e. The Bertz CT molecular complexity index is 620. The minimum absolute atomic E-state index is 0.166. The average molecular weight is 325 g/mol. The molecule has 0 saturated heterocycles. The van der Waals surface area contributed by atoms with Gasteiger partial charge in [-0.15, -0.1) is 10.2 Å². The van der Waals surface area contributed by atoms with E-state index in [2.05, 4.69) is 15.5 Å². The molecule has 0 saturated carbocycles. The Hall–Kier alpha value is -1.18. The zero-order valence-electron chi connectivity index (χ0n) is 11.6. The quantitative estimate of drug-likeness (QED) is 0.824. The third-order valence-electron chi connectivity index (χ3n) is 3.36. The first-order valence-electron chi connectivity index (χ1n) is 6.77. The summed E-state index contributed by atoms with van der Waals surface area (Å²) in [5.74, 6) is -0.166. The third kappa shape index (κ3) is 3.53. The van der Waals surface area contributed by atoms with Crippen molar-refractivity contribution in [3.8, 4) is 0 Å². The number of fused-ring (bicyclic) bond motifs is 1. The Morgan fingerprint density at radius 3 is 3.24 bits per heavy atom. The molecule has 0 amide bonds. The van der Waals surface area contributed by atoms with Gasteiger partial charge >= 0.3 is 0 Å². The summed E-state index contributed by atoms with van der Waals surface area (Å²) < 4.78 is 19.3. The maximum absolute atomic E-state index is 13.4. The molecule has 21 heavy (non-hydrogen) atoms. The lowest BCUT2D eigenvalue weighted by Gasteiger charge is -2.08. The smallest absolute Gasteiger partial charge is 0.206 e. The fraction of sp³-hybridized carbons (Fsp3) is 0.429. The SMILES string of the molecule is COCCNc1nnc(SC2CCc3ccc(F)cc32)s1. The highest BCUT2D eigenvalue weighted by Gasteiger charge is 2.25. The van der Waals surface area contributed by atoms with Gasteiger partial charge in [-0.25, -0.2) is 4.39 Å². The summed E-state index contributed by atoms with van der Waals surface area (Å²) in [6, 6.07) is 5.08. The fourth-order valence-electron chi connectivity index (χ4n) is 2.37. The van der Waals surface area contributed by atoms with Crippen LogP contribution in [-0.2, 0) is 11.2 Å². The molecular weight excluding hydrogens is 309 g/mol. The van der Waals surface area contributed by atoms with Crippen molar-refractivity contribution in [1.29, 1.82) is 0 Å². The van der Waals surface area contributed by atoms with Crippen molar-refractivity contribution in [2.75, 3.05) is 25.6 Å². The molecule has 1 aromatic heterocycles. The predicted molar refractivity (Wildman–Crippen MR) is 83.6 cm³/mol. The van der Waals surface area contributed by atoms with Gasteiger partial charge in [0.1, 0.15) is 5.82 Å². The van der Waals surface area contributed by atoms with Gasteiger partial charge < -0.3 is 10.1 Å². The Balaban J connectivity index is 1.64. The van der Waals surface area contributed by atoms with Crippen molar-refractivity contribution < 1.29 is 9.13 Å². The highest BCUT2D eigenvalue weighted by Crippen LogP contribution is 2.45. The molecule has 1 aromatic carbocycles. The summed E-state index contributed by atoms with van der Waals surface area (Å²) in [4.78, 5) is 0. The number of benzene rings is 1. The monoisotopic (exact) mass is 325 g/mol. The Morgan fingerprint density at radius 1 is 1.48 bits per heavy atom. The molecule has 112 valence electrons. The molecule has 1 unspecified atom stereocenters. The number of methoxy groups -OCH3 is 1. The van der Waals surface area contributed by atoms with Crippen LogP contribution in [0.3, 0.4) is 0 Å². The number of aryl methyl sites for hydroxylation is 1. The van der Waals surface area contributed by atoms with Crippen LogP contribution in [0.1, 0.15) is 22.8 Å². The average Bonchev–Trinajstić information content (AvgIpc) is 3.07. The van der Waals surface area contributed by atoms with Gasteiger partial charge in [0.05, 0.1) is 6.61 Å². The van der Waals surface area contributed by atoms with Crippen molar-refractivity contribution in [3.05, 3.63) is 35.1 Å². The number of hydrogen-bond donors (Lipinski definition) is 1. The summed E-state index contributed by atoms with van der Waals surface area (Å²) >= 11 is 3.20. The molecule has 0 spiro atoms. The molecule has 1 aliphatic rings. The van der Waals surface area contributed by atoms with Crippen LogP contribution in [0.5, 0.6) is 0 Å². The van der Waals surface area contributed by atoms with Crippen LogP contribution in [0.15, 0.2) is 22.5 Å². The second-order valence-electron chi connectivity index (χ2n) is 4.78. The molecular formula is C14H16FN3OS2. The van der Waals surface area contributed by atoms with E-state index >= 15 is 0 Å². The zero-order valence-corrected chi connectivity index (χ0v) is 13.3. The zero-order chi connectivity index (χ0) is 14.7. The largest absolute Gasteiger partial charge is 0.383 e. The van der Waals surface area contributed by atoms with Crippen LogP contribution in [0.4, 0.5) is 9.52 Å². The van der Waals surface area contributed by atoms with E-state index in [0.717, 1.165) is 27.9 Å². The van der Waals surface area contributed by atoms with E-state index in [9.17, 15) is 4.39 Å².